The minimum absolute atomic E-state index is 0.150. The van der Waals surface area contributed by atoms with Gasteiger partial charge >= 0.3 is 0 Å². The van der Waals surface area contributed by atoms with Crippen LogP contribution in [-0.4, -0.2) is 35.2 Å². The van der Waals surface area contributed by atoms with Crippen molar-refractivity contribution in [3.05, 3.63) is 90.7 Å². The number of rotatable bonds is 9. The summed E-state index contributed by atoms with van der Waals surface area (Å²) in [6.45, 7) is 3.92. The molecular formula is C28H23BrCl2N2O5S. The Morgan fingerprint density at radius 2 is 1.82 bits per heavy atom. The van der Waals surface area contributed by atoms with Gasteiger partial charge in [0.1, 0.15) is 0 Å². The molecule has 0 atom stereocenters. The van der Waals surface area contributed by atoms with E-state index in [-0.39, 0.29) is 35.1 Å². The summed E-state index contributed by atoms with van der Waals surface area (Å²) in [5.41, 5.74) is 2.88. The van der Waals surface area contributed by atoms with Crippen LogP contribution in [0.25, 0.3) is 6.08 Å². The van der Waals surface area contributed by atoms with E-state index < -0.39 is 0 Å². The van der Waals surface area contributed by atoms with Gasteiger partial charge in [-0.05, 0) is 101 Å². The van der Waals surface area contributed by atoms with Crippen molar-refractivity contribution in [1.82, 2.24) is 4.90 Å². The molecule has 3 amide bonds. The normalized spacial score (nSPS) is 14.2. The third-order valence-corrected chi connectivity index (χ3v) is 7.72. The van der Waals surface area contributed by atoms with Gasteiger partial charge in [-0.1, -0.05) is 41.4 Å². The molecule has 1 saturated heterocycles. The van der Waals surface area contributed by atoms with Gasteiger partial charge < -0.3 is 14.8 Å². The Morgan fingerprint density at radius 1 is 1.08 bits per heavy atom. The summed E-state index contributed by atoms with van der Waals surface area (Å²) in [5, 5.41) is 3.52. The van der Waals surface area contributed by atoms with Crippen LogP contribution in [0.4, 0.5) is 10.5 Å². The number of nitrogens with zero attached hydrogens (tertiary/aromatic N) is 1. The van der Waals surface area contributed by atoms with E-state index in [1.807, 2.05) is 19.9 Å². The molecule has 0 aliphatic carbocycles. The second-order valence-corrected chi connectivity index (χ2v) is 11.1. The van der Waals surface area contributed by atoms with Crippen LogP contribution in [0.1, 0.15) is 23.6 Å². The Labute approximate surface area is 248 Å². The summed E-state index contributed by atoms with van der Waals surface area (Å²) < 4.78 is 12.0. The average molecular weight is 650 g/mol. The number of halogens is 3. The molecule has 1 heterocycles. The van der Waals surface area contributed by atoms with Crippen molar-refractivity contribution in [3.8, 4) is 11.5 Å². The van der Waals surface area contributed by atoms with Crippen LogP contribution in [0.3, 0.4) is 0 Å². The number of carbonyl (C=O) groups excluding carboxylic acids is 3. The lowest BCUT2D eigenvalue weighted by Gasteiger charge is -2.15. The molecule has 202 valence electrons. The molecule has 39 heavy (non-hydrogen) atoms. The Hall–Kier alpha value is -2.98. The quantitative estimate of drug-likeness (QED) is 0.239. The first-order chi connectivity index (χ1) is 18.6. The number of imide groups is 1. The molecule has 1 aliphatic heterocycles. The summed E-state index contributed by atoms with van der Waals surface area (Å²) in [6.07, 6.45) is 1.62. The molecule has 4 rings (SSSR count). The molecule has 0 spiro atoms. The molecular weight excluding hydrogens is 627 g/mol. The van der Waals surface area contributed by atoms with E-state index in [4.69, 9.17) is 32.7 Å². The van der Waals surface area contributed by atoms with Crippen molar-refractivity contribution >= 4 is 79.7 Å². The molecule has 0 saturated carbocycles. The Kier molecular flexibility index (Phi) is 9.61. The van der Waals surface area contributed by atoms with Crippen LogP contribution in [0.2, 0.25) is 10.0 Å². The average Bonchev–Trinajstić information content (AvgIpc) is 3.14. The van der Waals surface area contributed by atoms with Gasteiger partial charge in [-0.2, -0.15) is 0 Å². The number of aryl methyl sites for hydroxylation is 1. The predicted octanol–water partition coefficient (Wildman–Crippen LogP) is 7.72. The van der Waals surface area contributed by atoms with E-state index in [1.165, 1.54) is 4.90 Å². The highest BCUT2D eigenvalue weighted by molar-refractivity contribution is 9.10. The number of thioether (sulfide) groups is 1. The van der Waals surface area contributed by atoms with Crippen LogP contribution in [0.15, 0.2) is 64.0 Å². The van der Waals surface area contributed by atoms with Gasteiger partial charge in [-0.25, -0.2) is 0 Å². The van der Waals surface area contributed by atoms with Crippen LogP contribution in [0, 0.1) is 6.92 Å². The highest BCUT2D eigenvalue weighted by Crippen LogP contribution is 2.39. The monoisotopic (exact) mass is 648 g/mol. The van der Waals surface area contributed by atoms with Gasteiger partial charge in [0.05, 0.1) is 22.5 Å². The molecule has 11 heteroatoms. The largest absolute Gasteiger partial charge is 0.490 e. The SMILES string of the molecule is CCOc1cc(/C=C2\SC(=O)N(Cc3ccc(Cl)cc3)C2=O)cc(Br)c1OCC(=O)Nc1ccc(C)c(Cl)c1. The fraction of sp³-hybridized carbons (Fsp3) is 0.179. The van der Waals surface area contributed by atoms with E-state index in [0.29, 0.717) is 43.9 Å². The van der Waals surface area contributed by atoms with Crippen molar-refractivity contribution in [2.45, 2.75) is 20.4 Å². The number of hydrogen-bond donors (Lipinski definition) is 1. The smallest absolute Gasteiger partial charge is 0.293 e. The molecule has 1 aliphatic rings. The Bertz CT molecular complexity index is 1460. The van der Waals surface area contributed by atoms with Crippen LogP contribution in [0.5, 0.6) is 11.5 Å². The van der Waals surface area contributed by atoms with Gasteiger partial charge in [-0.15, -0.1) is 0 Å². The molecule has 3 aromatic carbocycles. The van der Waals surface area contributed by atoms with E-state index >= 15 is 0 Å². The predicted molar refractivity (Wildman–Crippen MR) is 159 cm³/mol. The highest BCUT2D eigenvalue weighted by Gasteiger charge is 2.35. The molecule has 7 nitrogen and oxygen atoms in total. The zero-order valence-electron chi connectivity index (χ0n) is 20.9. The topological polar surface area (TPSA) is 84.9 Å². The van der Waals surface area contributed by atoms with Crippen molar-refractivity contribution < 1.29 is 23.9 Å². The first-order valence-corrected chi connectivity index (χ1v) is 14.2. The molecule has 0 bridgehead atoms. The summed E-state index contributed by atoms with van der Waals surface area (Å²) in [7, 11) is 0. The van der Waals surface area contributed by atoms with Crippen LogP contribution >= 0.6 is 50.9 Å². The number of ether oxygens (including phenoxy) is 2. The molecule has 1 fully saturated rings. The number of anilines is 1. The molecule has 3 aromatic rings. The highest BCUT2D eigenvalue weighted by atomic mass is 79.9. The summed E-state index contributed by atoms with van der Waals surface area (Å²) in [5.74, 6) is -0.0448. The number of hydrogen-bond acceptors (Lipinski definition) is 6. The molecule has 0 aromatic heterocycles. The molecule has 1 N–H and O–H groups in total. The van der Waals surface area contributed by atoms with Crippen molar-refractivity contribution in [2.24, 2.45) is 0 Å². The summed E-state index contributed by atoms with van der Waals surface area (Å²) >= 11 is 16.4. The minimum atomic E-state index is -0.387. The maximum Gasteiger partial charge on any atom is 0.293 e. The van der Waals surface area contributed by atoms with Gasteiger partial charge in [0.2, 0.25) is 0 Å². The number of carbonyl (C=O) groups is 3. The first-order valence-electron chi connectivity index (χ1n) is 11.8. The summed E-state index contributed by atoms with van der Waals surface area (Å²) in [4.78, 5) is 39.5. The van der Waals surface area contributed by atoms with Crippen molar-refractivity contribution in [3.63, 3.8) is 0 Å². The van der Waals surface area contributed by atoms with Gasteiger partial charge in [-0.3, -0.25) is 19.3 Å². The standard InChI is InChI=1S/C28H23BrCl2N2O5S/c1-3-37-23-11-18(12-24-27(35)33(28(36)39-24)14-17-5-7-19(30)8-6-17)10-21(29)26(23)38-15-25(34)32-20-9-4-16(2)22(31)13-20/h4-13H,3,14-15H2,1-2H3,(H,32,34)/b24-12-. The number of nitrogens with one attached hydrogen (secondary N) is 1. The lowest BCUT2D eigenvalue weighted by molar-refractivity contribution is -0.123. The van der Waals surface area contributed by atoms with Gasteiger partial charge in [0, 0.05) is 15.7 Å². The van der Waals surface area contributed by atoms with Crippen molar-refractivity contribution in [2.75, 3.05) is 18.5 Å². The second kappa shape index (κ2) is 12.9. The zero-order valence-corrected chi connectivity index (χ0v) is 24.8. The Balaban J connectivity index is 1.48. The first kappa shape index (κ1) is 29.0. The van der Waals surface area contributed by atoms with Gasteiger partial charge in [0.15, 0.2) is 18.1 Å². The van der Waals surface area contributed by atoms with Crippen molar-refractivity contribution in [1.29, 1.82) is 0 Å². The molecule has 0 unspecified atom stereocenters. The third kappa shape index (κ3) is 7.36. The van der Waals surface area contributed by atoms with Gasteiger partial charge in [0.25, 0.3) is 17.1 Å². The Morgan fingerprint density at radius 3 is 2.51 bits per heavy atom. The number of benzene rings is 3. The third-order valence-electron chi connectivity index (χ3n) is 5.56. The van der Waals surface area contributed by atoms with E-state index in [2.05, 4.69) is 21.2 Å². The van der Waals surface area contributed by atoms with E-state index in [9.17, 15) is 14.4 Å². The lowest BCUT2D eigenvalue weighted by Crippen LogP contribution is -2.27. The minimum Gasteiger partial charge on any atom is -0.490 e. The lowest BCUT2D eigenvalue weighted by atomic mass is 10.1. The summed E-state index contributed by atoms with van der Waals surface area (Å²) in [6, 6.07) is 15.6. The van der Waals surface area contributed by atoms with E-state index in [0.717, 1.165) is 22.9 Å². The van der Waals surface area contributed by atoms with Crippen LogP contribution < -0.4 is 14.8 Å². The second-order valence-electron chi connectivity index (χ2n) is 8.46. The number of amides is 3. The molecule has 0 radical (unpaired) electrons. The van der Waals surface area contributed by atoms with E-state index in [1.54, 1.807) is 54.6 Å². The zero-order chi connectivity index (χ0) is 28.1. The maximum absolute atomic E-state index is 13.0. The fourth-order valence-corrected chi connectivity index (χ4v) is 5.36. The maximum atomic E-state index is 13.0. The van der Waals surface area contributed by atoms with Crippen LogP contribution in [-0.2, 0) is 16.1 Å². The fourth-order valence-electron chi connectivity index (χ4n) is 3.64.